The number of hydrogen-bond donors (Lipinski definition) is 4. The fourth-order valence-electron chi connectivity index (χ4n) is 1.81. The quantitative estimate of drug-likeness (QED) is 0.439. The molecule has 0 bridgehead atoms. The van der Waals surface area contributed by atoms with Crippen LogP contribution in [0.2, 0.25) is 0 Å². The van der Waals surface area contributed by atoms with Crippen molar-refractivity contribution in [3.05, 3.63) is 0 Å². The van der Waals surface area contributed by atoms with Crippen LogP contribution in [0, 0.1) is 0 Å². The van der Waals surface area contributed by atoms with Gasteiger partial charge in [-0.2, -0.15) is 0 Å². The Morgan fingerprint density at radius 3 is 0.950 bits per heavy atom. The van der Waals surface area contributed by atoms with Gasteiger partial charge in [0.2, 0.25) is 0 Å². The van der Waals surface area contributed by atoms with E-state index in [9.17, 15) is 0 Å². The van der Waals surface area contributed by atoms with Gasteiger partial charge in [0.05, 0.1) is 0 Å². The van der Waals surface area contributed by atoms with Crippen molar-refractivity contribution >= 4 is 0 Å². The molecule has 0 fully saturated rings. The highest BCUT2D eigenvalue weighted by Gasteiger charge is 1.91. The van der Waals surface area contributed by atoms with Crippen molar-refractivity contribution in [2.75, 3.05) is 27.7 Å². The fourth-order valence-corrected chi connectivity index (χ4v) is 1.81. The maximum Gasteiger partial charge on any atom is -0.00773 e. The second kappa shape index (κ2) is 42.8. The summed E-state index contributed by atoms with van der Waals surface area (Å²) in [6, 6.07) is 0. The lowest BCUT2D eigenvalue weighted by atomic mass is 10.1. The van der Waals surface area contributed by atoms with Crippen LogP contribution in [0.4, 0.5) is 0 Å². The first-order valence-electron chi connectivity index (χ1n) is 8.35. The smallest absolute Gasteiger partial charge is 0.00773 e. The van der Waals surface area contributed by atoms with E-state index >= 15 is 0 Å². The van der Waals surface area contributed by atoms with Crippen molar-refractivity contribution in [1.82, 2.24) is 0 Å². The number of nitrogens with two attached hydrogens (primary N) is 4. The molecule has 0 aromatic rings. The van der Waals surface area contributed by atoms with Crippen molar-refractivity contribution < 1.29 is 0 Å². The number of unbranched alkanes of at least 4 members (excludes halogenated alkanes) is 10. The summed E-state index contributed by atoms with van der Waals surface area (Å²) in [7, 11) is 4.50. The second-order valence-corrected chi connectivity index (χ2v) is 4.32. The minimum atomic E-state index is 0.872. The Hall–Kier alpha value is -0.160. The number of rotatable bonds is 11. The second-order valence-electron chi connectivity index (χ2n) is 4.32. The van der Waals surface area contributed by atoms with Crippen molar-refractivity contribution in [1.29, 1.82) is 0 Å². The van der Waals surface area contributed by atoms with Crippen molar-refractivity contribution in [2.24, 2.45) is 22.9 Å². The van der Waals surface area contributed by atoms with E-state index < -0.39 is 0 Å². The predicted octanol–water partition coefficient (Wildman–Crippen LogP) is 2.98. The molecular formula is C16H44N4. The lowest BCUT2D eigenvalue weighted by molar-refractivity contribution is 0.551. The van der Waals surface area contributed by atoms with Gasteiger partial charge in [0.1, 0.15) is 0 Å². The van der Waals surface area contributed by atoms with Crippen LogP contribution in [0.1, 0.15) is 77.6 Å². The predicted molar refractivity (Wildman–Crippen MR) is 95.8 cm³/mol. The molecule has 0 atom stereocenters. The van der Waals surface area contributed by atoms with Gasteiger partial charge in [0, 0.05) is 0 Å². The molecule has 128 valence electrons. The zero-order chi connectivity index (χ0) is 16.5. The monoisotopic (exact) mass is 292 g/mol. The largest absolute Gasteiger partial charge is 0.333 e. The van der Waals surface area contributed by atoms with Gasteiger partial charge >= 0.3 is 0 Å². The third-order valence-corrected chi connectivity index (χ3v) is 2.81. The molecule has 0 saturated heterocycles. The van der Waals surface area contributed by atoms with Crippen LogP contribution >= 0.6 is 0 Å². The minimum Gasteiger partial charge on any atom is -0.333 e. The van der Waals surface area contributed by atoms with E-state index in [2.05, 4.69) is 24.1 Å². The van der Waals surface area contributed by atoms with Crippen LogP contribution in [0.15, 0.2) is 0 Å². The molecule has 0 aliphatic carbocycles. The Labute approximate surface area is 129 Å². The SMILES string of the molecule is CCCCCCCCCCCCCN.CN.CN.CN. The molecule has 20 heavy (non-hydrogen) atoms. The van der Waals surface area contributed by atoms with Gasteiger partial charge in [-0.1, -0.05) is 71.1 Å². The van der Waals surface area contributed by atoms with E-state index in [1.807, 2.05) is 0 Å². The van der Waals surface area contributed by atoms with Crippen LogP contribution in [0.3, 0.4) is 0 Å². The van der Waals surface area contributed by atoms with Crippen LogP contribution < -0.4 is 22.9 Å². The first-order valence-corrected chi connectivity index (χ1v) is 8.35. The van der Waals surface area contributed by atoms with E-state index in [4.69, 9.17) is 5.73 Å². The first kappa shape index (κ1) is 28.1. The van der Waals surface area contributed by atoms with Gasteiger partial charge in [0.25, 0.3) is 0 Å². The van der Waals surface area contributed by atoms with Gasteiger partial charge in [-0.25, -0.2) is 0 Å². The van der Waals surface area contributed by atoms with Gasteiger partial charge < -0.3 is 22.9 Å². The van der Waals surface area contributed by atoms with Crippen LogP contribution in [-0.2, 0) is 0 Å². The average molecular weight is 293 g/mol. The summed E-state index contributed by atoms with van der Waals surface area (Å²) in [6.45, 7) is 3.15. The topological polar surface area (TPSA) is 104 Å². The van der Waals surface area contributed by atoms with Crippen molar-refractivity contribution in [2.45, 2.75) is 77.6 Å². The normalized spacial score (nSPS) is 8.40. The summed E-state index contributed by atoms with van der Waals surface area (Å²) >= 11 is 0. The molecule has 0 aromatic carbocycles. The maximum absolute atomic E-state index is 5.44. The number of hydrogen-bond acceptors (Lipinski definition) is 4. The van der Waals surface area contributed by atoms with Gasteiger partial charge in [-0.05, 0) is 34.1 Å². The molecule has 0 radical (unpaired) electrons. The van der Waals surface area contributed by atoms with Gasteiger partial charge in [0.15, 0.2) is 0 Å². The van der Waals surface area contributed by atoms with Gasteiger partial charge in [-0.15, -0.1) is 0 Å². The Balaban J connectivity index is -0.000000187. The molecule has 0 aliphatic heterocycles. The first-order chi connectivity index (χ1) is 9.91. The Morgan fingerprint density at radius 2 is 0.700 bits per heavy atom. The zero-order valence-electron chi connectivity index (χ0n) is 14.8. The highest BCUT2D eigenvalue weighted by atomic mass is 14.5. The molecule has 0 aliphatic rings. The summed E-state index contributed by atoms with van der Waals surface area (Å²) in [5.74, 6) is 0. The molecular weight excluding hydrogens is 248 g/mol. The Morgan fingerprint density at radius 1 is 0.450 bits per heavy atom. The third-order valence-electron chi connectivity index (χ3n) is 2.81. The summed E-state index contributed by atoms with van der Waals surface area (Å²) in [4.78, 5) is 0. The molecule has 0 amide bonds. The molecule has 0 saturated carbocycles. The summed E-state index contributed by atoms with van der Waals surface area (Å²) in [6.07, 6.45) is 15.4. The summed E-state index contributed by atoms with van der Waals surface area (Å²) in [5, 5.41) is 0. The fraction of sp³-hybridized carbons (Fsp3) is 1.00. The lowest BCUT2D eigenvalue weighted by Crippen LogP contribution is -1.97. The van der Waals surface area contributed by atoms with E-state index in [1.165, 1.54) is 91.8 Å². The minimum absolute atomic E-state index is 0.872. The Kier molecular flexibility index (Phi) is 60.0. The van der Waals surface area contributed by atoms with Crippen LogP contribution in [0.25, 0.3) is 0 Å². The molecule has 0 heterocycles. The van der Waals surface area contributed by atoms with E-state index in [0.717, 1.165) is 6.54 Å². The van der Waals surface area contributed by atoms with Crippen LogP contribution in [-0.4, -0.2) is 27.7 Å². The van der Waals surface area contributed by atoms with Gasteiger partial charge in [-0.3, -0.25) is 0 Å². The molecule has 4 heteroatoms. The van der Waals surface area contributed by atoms with Crippen molar-refractivity contribution in [3.8, 4) is 0 Å². The zero-order valence-corrected chi connectivity index (χ0v) is 14.8. The summed E-state index contributed by atoms with van der Waals surface area (Å²) < 4.78 is 0. The highest BCUT2D eigenvalue weighted by molar-refractivity contribution is 4.47. The molecule has 0 unspecified atom stereocenters. The van der Waals surface area contributed by atoms with E-state index in [1.54, 1.807) is 0 Å². The summed E-state index contributed by atoms with van der Waals surface area (Å²) in [5.41, 5.74) is 18.9. The molecule has 0 rings (SSSR count). The molecule has 4 nitrogen and oxygen atoms in total. The molecule has 0 spiro atoms. The van der Waals surface area contributed by atoms with Crippen molar-refractivity contribution in [3.63, 3.8) is 0 Å². The van der Waals surface area contributed by atoms with E-state index in [0.29, 0.717) is 0 Å². The average Bonchev–Trinajstić information content (AvgIpc) is 2.55. The molecule has 0 aromatic heterocycles. The highest BCUT2D eigenvalue weighted by Crippen LogP contribution is 2.10. The third kappa shape index (κ3) is 43.1. The van der Waals surface area contributed by atoms with E-state index in [-0.39, 0.29) is 0 Å². The standard InChI is InChI=1S/C13H29N.3CH5N/c1-2-3-4-5-6-7-8-9-10-11-12-13-14;3*1-2/h2-14H2,1H3;3*2H2,1H3. The maximum atomic E-state index is 5.44. The van der Waals surface area contributed by atoms with Crippen LogP contribution in [0.5, 0.6) is 0 Å². The molecule has 8 N–H and O–H groups in total. The lowest BCUT2D eigenvalue weighted by Gasteiger charge is -2.01. The Bertz CT molecular complexity index is 88.5.